The van der Waals surface area contributed by atoms with Crippen LogP contribution >= 0.6 is 11.6 Å². The van der Waals surface area contributed by atoms with E-state index >= 15 is 0 Å². The predicted octanol–water partition coefficient (Wildman–Crippen LogP) is -1.55. The summed E-state index contributed by atoms with van der Waals surface area (Å²) in [5.74, 6) is 0. The molecule has 260 valence electrons. The van der Waals surface area contributed by atoms with Crippen molar-refractivity contribution in [1.82, 2.24) is 0 Å². The van der Waals surface area contributed by atoms with Crippen LogP contribution in [0.15, 0.2) is 118 Å². The molecule has 0 saturated heterocycles. The van der Waals surface area contributed by atoms with Gasteiger partial charge in [-0.05, 0) is 82.5 Å². The summed E-state index contributed by atoms with van der Waals surface area (Å²) in [4.78, 5) is 2.27. The third kappa shape index (κ3) is 10.6. The van der Waals surface area contributed by atoms with Crippen LogP contribution in [0.25, 0.3) is 5.57 Å². The maximum Gasteiger partial charge on any atom is 1.00 e. The second-order valence-corrected chi connectivity index (χ2v) is 15.9. The van der Waals surface area contributed by atoms with E-state index in [0.717, 1.165) is 5.57 Å². The summed E-state index contributed by atoms with van der Waals surface area (Å²) in [6.07, 6.45) is 5.34. The zero-order valence-electron chi connectivity index (χ0n) is 28.4. The van der Waals surface area contributed by atoms with Crippen LogP contribution < -0.4 is 69.4 Å². The zero-order chi connectivity index (χ0) is 36.4. The summed E-state index contributed by atoms with van der Waals surface area (Å²) in [6, 6.07) is 25.0. The average Bonchev–Trinajstić information content (AvgIpc) is 3.04. The Morgan fingerprint density at radius 2 is 1.67 bits per heavy atom. The summed E-state index contributed by atoms with van der Waals surface area (Å²) in [6.45, 7) is 3.75. The van der Waals surface area contributed by atoms with Crippen LogP contribution in [-0.2, 0) is 36.9 Å². The summed E-state index contributed by atoms with van der Waals surface area (Å²) >= 11 is 6.60. The van der Waals surface area contributed by atoms with Crippen molar-refractivity contribution < 1.29 is 103 Å². The number of halogens is 1. The topological polar surface area (TPSA) is 192 Å². The Labute approximate surface area is 352 Å². The molecular formula is C35H29ClN2Na2O9S3. The van der Waals surface area contributed by atoms with Gasteiger partial charge in [0.25, 0.3) is 20.2 Å². The van der Waals surface area contributed by atoms with Gasteiger partial charge in [0.15, 0.2) is 6.54 Å². The quantitative estimate of drug-likeness (QED) is 0.0830. The molecule has 4 N–H and O–H groups in total. The third-order valence-corrected chi connectivity index (χ3v) is 10.9. The Morgan fingerprint density at radius 3 is 2.27 bits per heavy atom. The van der Waals surface area contributed by atoms with Crippen LogP contribution in [0.5, 0.6) is 0 Å². The van der Waals surface area contributed by atoms with Gasteiger partial charge in [0.05, 0.1) is 4.90 Å². The van der Waals surface area contributed by atoms with Gasteiger partial charge in [-0.25, -0.2) is 13.4 Å². The normalized spacial score (nSPS) is 15.6. The molecule has 0 aliphatic heterocycles. The Hall–Kier alpha value is -2.41. The van der Waals surface area contributed by atoms with Crippen molar-refractivity contribution in [2.24, 2.45) is 0 Å². The molecule has 0 aromatic heterocycles. The van der Waals surface area contributed by atoms with Crippen LogP contribution in [0.4, 0.5) is 5.69 Å². The Bertz CT molecular complexity index is 2450. The molecule has 0 amide bonds. The molecular weight excluding hydrogens is 770 g/mol. The molecule has 1 aliphatic carbocycles. The fourth-order valence-corrected chi connectivity index (χ4v) is 7.73. The first-order chi connectivity index (χ1) is 23.4. The number of hydrogen-bond donors (Lipinski definition) is 4. The summed E-state index contributed by atoms with van der Waals surface area (Å²) in [5, 5.41) is 1.12. The molecule has 4 aromatic rings. The minimum absolute atomic E-state index is 0. The van der Waals surface area contributed by atoms with Crippen molar-refractivity contribution in [3.05, 3.63) is 153 Å². The molecule has 17 heteroatoms. The number of rotatable bonds is 10. The van der Waals surface area contributed by atoms with Gasteiger partial charge < -0.3 is 9.87 Å². The summed E-state index contributed by atoms with van der Waals surface area (Å²) in [5.41, 5.74) is 5.07. The molecule has 0 bridgehead atoms. The van der Waals surface area contributed by atoms with Gasteiger partial charge in [0.2, 0.25) is 5.71 Å². The Balaban J connectivity index is 0.00000364. The van der Waals surface area contributed by atoms with E-state index in [-0.39, 0.29) is 86.7 Å². The Kier molecular flexibility index (Phi) is 15.1. The van der Waals surface area contributed by atoms with E-state index < -0.39 is 40.6 Å². The second kappa shape index (κ2) is 17.8. The van der Waals surface area contributed by atoms with Gasteiger partial charge in [-0.15, -0.1) is 11.1 Å². The van der Waals surface area contributed by atoms with E-state index in [1.54, 1.807) is 61.5 Å². The Morgan fingerprint density at radius 1 is 0.942 bits per heavy atom. The van der Waals surface area contributed by atoms with Crippen LogP contribution in [0, 0.1) is 19.1 Å². The predicted molar refractivity (Wildman–Crippen MR) is 187 cm³/mol. The van der Waals surface area contributed by atoms with Crippen LogP contribution in [0.1, 0.15) is 40.1 Å². The molecule has 1 aliphatic rings. The van der Waals surface area contributed by atoms with Gasteiger partial charge in [0.1, 0.15) is 15.5 Å². The zero-order valence-corrected chi connectivity index (χ0v) is 35.6. The minimum atomic E-state index is -4.74. The fourth-order valence-electron chi connectivity index (χ4n) is 5.37. The first kappa shape index (κ1) is 44.0. The van der Waals surface area contributed by atoms with E-state index in [4.69, 9.17) is 11.6 Å². The third-order valence-electron chi connectivity index (χ3n) is 7.75. The standard InChI is InChI=1S/C35H29ClN2O9S3.2Na/c1-22-18-26(14-16-30(22)37-21-24-8-6-11-28(20-24)48(39,40)41)33(29-12-7-13-32(34(29)36)49(42,43)44)27-15-17-31(23(2)19-27)38-35(50(45,46)47)25-9-4-3-5-10-25;;/h3-4,6-12,14-20,35,38H,21H2,1-2H3,(H,39,40,41)(H,42,43,44)(H,45,46,47);;/q-2;2*+1/b33-26-,37-30?;;. The van der Waals surface area contributed by atoms with Crippen molar-refractivity contribution in [2.75, 3.05) is 5.32 Å². The maximum atomic E-state index is 12.3. The molecule has 1 unspecified atom stereocenters. The molecule has 11 nitrogen and oxygen atoms in total. The van der Waals surface area contributed by atoms with Crippen molar-refractivity contribution in [1.29, 1.82) is 0 Å². The minimum Gasteiger partial charge on any atom is -0.744 e. The summed E-state index contributed by atoms with van der Waals surface area (Å²) in [7, 11) is -14.0. The van der Waals surface area contributed by atoms with Gasteiger partial charge in [-0.3, -0.25) is 9.11 Å². The molecule has 4 aromatic carbocycles. The maximum absolute atomic E-state index is 12.3. The number of allylic oxidation sites excluding steroid dienone is 5. The van der Waals surface area contributed by atoms with E-state index in [0.29, 0.717) is 39.2 Å². The molecule has 5 rings (SSSR count). The number of nitrogens with one attached hydrogen (secondary N) is 2. The van der Waals surface area contributed by atoms with Gasteiger partial charge >= 0.3 is 59.1 Å². The van der Waals surface area contributed by atoms with Crippen molar-refractivity contribution in [3.63, 3.8) is 0 Å². The number of benzene rings is 4. The average molecular weight is 799 g/mol. The summed E-state index contributed by atoms with van der Waals surface area (Å²) < 4.78 is 103. The first-order valence-electron chi connectivity index (χ1n) is 14.7. The number of anilines is 1. The van der Waals surface area contributed by atoms with Gasteiger partial charge in [0, 0.05) is 22.9 Å². The van der Waals surface area contributed by atoms with Crippen molar-refractivity contribution in [2.45, 2.75) is 35.6 Å². The SMILES string of the molecule is CC1=C/C(=C(/c2ccc(NC(c3c[c-]ccc3)S(=O)(=O)O)c(C)c2)c2cc[c-]c(S(=O)(=O)O)c2Cl)C=CC1=[NH+]Cc1cccc(S(=O)(=O)[O-])c1.[Na+].[Na+]. The van der Waals surface area contributed by atoms with Crippen molar-refractivity contribution in [3.8, 4) is 0 Å². The molecule has 52 heavy (non-hydrogen) atoms. The van der Waals surface area contributed by atoms with E-state index in [1.165, 1.54) is 36.4 Å². The number of hydrogen-bond acceptors (Lipinski definition) is 8. The molecule has 1 atom stereocenters. The van der Waals surface area contributed by atoms with Gasteiger partial charge in [-0.1, -0.05) is 18.2 Å². The van der Waals surface area contributed by atoms with Gasteiger partial charge in [-0.2, -0.15) is 77.0 Å². The van der Waals surface area contributed by atoms with Crippen LogP contribution in [-0.4, -0.2) is 44.6 Å². The smallest absolute Gasteiger partial charge is 0.744 e. The van der Waals surface area contributed by atoms with Crippen LogP contribution in [0.2, 0.25) is 5.02 Å². The van der Waals surface area contributed by atoms with Crippen molar-refractivity contribution >= 4 is 58.9 Å². The molecule has 0 radical (unpaired) electrons. The van der Waals surface area contributed by atoms with E-state index in [2.05, 4.69) is 22.4 Å². The fraction of sp³-hybridized carbons (Fsp3) is 0.114. The van der Waals surface area contributed by atoms with Crippen LogP contribution in [0.3, 0.4) is 0 Å². The second-order valence-electron chi connectivity index (χ2n) is 11.3. The molecule has 0 fully saturated rings. The molecule has 0 saturated carbocycles. The first-order valence-corrected chi connectivity index (χ1v) is 19.4. The molecule has 0 spiro atoms. The molecule has 0 heterocycles. The van der Waals surface area contributed by atoms with E-state index in [9.17, 15) is 38.9 Å². The number of aryl methyl sites for hydroxylation is 1. The van der Waals surface area contributed by atoms with E-state index in [1.807, 2.05) is 13.0 Å². The largest absolute Gasteiger partial charge is 1.00 e. The monoisotopic (exact) mass is 798 g/mol.